The third-order valence-corrected chi connectivity index (χ3v) is 10.7. The molecule has 0 amide bonds. The van der Waals surface area contributed by atoms with Crippen molar-refractivity contribution in [2.75, 3.05) is 0 Å². The average molecular weight is 702 g/mol. The first-order valence-corrected chi connectivity index (χ1v) is 18.5. The quantitative estimate of drug-likeness (QED) is 0.168. The molecule has 0 bridgehead atoms. The van der Waals surface area contributed by atoms with E-state index in [2.05, 4.69) is 127 Å². The molecular weight excluding hydrogens is 671 g/mol. The Bertz CT molecular complexity index is 3170. The van der Waals surface area contributed by atoms with Crippen LogP contribution in [0.15, 0.2) is 192 Å². The molecular formula is C51H31N3O. The van der Waals surface area contributed by atoms with Crippen molar-refractivity contribution in [2.45, 2.75) is 0 Å². The van der Waals surface area contributed by atoms with Crippen molar-refractivity contribution in [3.63, 3.8) is 0 Å². The molecule has 11 aromatic rings. The van der Waals surface area contributed by atoms with Gasteiger partial charge in [0.15, 0.2) is 17.5 Å². The van der Waals surface area contributed by atoms with Crippen molar-refractivity contribution in [1.82, 2.24) is 15.0 Å². The Morgan fingerprint density at radius 1 is 0.273 bits per heavy atom. The zero-order valence-corrected chi connectivity index (χ0v) is 29.6. The van der Waals surface area contributed by atoms with Gasteiger partial charge in [0.2, 0.25) is 0 Å². The van der Waals surface area contributed by atoms with Gasteiger partial charge in [-0.15, -0.1) is 0 Å². The molecule has 0 aliphatic carbocycles. The number of aromatic nitrogens is 3. The van der Waals surface area contributed by atoms with E-state index in [1.807, 2.05) is 60.7 Å². The molecule has 0 atom stereocenters. The van der Waals surface area contributed by atoms with Crippen molar-refractivity contribution in [1.29, 1.82) is 0 Å². The highest BCUT2D eigenvalue weighted by molar-refractivity contribution is 6.32. The first kappa shape index (κ1) is 31.1. The fourth-order valence-electron chi connectivity index (χ4n) is 8.11. The molecule has 0 spiro atoms. The lowest BCUT2D eigenvalue weighted by Gasteiger charge is -2.10. The Morgan fingerprint density at radius 3 is 1.31 bits per heavy atom. The predicted octanol–water partition coefficient (Wildman–Crippen LogP) is 13.6. The lowest BCUT2D eigenvalue weighted by atomic mass is 9.93. The maximum absolute atomic E-state index is 7.00. The van der Waals surface area contributed by atoms with Gasteiger partial charge in [0.25, 0.3) is 0 Å². The van der Waals surface area contributed by atoms with Crippen LogP contribution in [0.4, 0.5) is 0 Å². The van der Waals surface area contributed by atoms with Crippen LogP contribution in [-0.4, -0.2) is 15.0 Å². The maximum atomic E-state index is 7.00. The van der Waals surface area contributed by atoms with Gasteiger partial charge in [-0.25, -0.2) is 15.0 Å². The molecule has 2 heterocycles. The van der Waals surface area contributed by atoms with E-state index in [4.69, 9.17) is 19.4 Å². The SMILES string of the molecule is c1ccc(-c2nc(-c3ccccc3)nc(-c3cccc(-c4cccc(-c5cccc6c5oc5c6ccc6c7ccccc7c7ccccc7c65)c4)c3)n2)cc1. The molecule has 0 fully saturated rings. The molecule has 4 nitrogen and oxygen atoms in total. The minimum absolute atomic E-state index is 0.630. The first-order chi connectivity index (χ1) is 27.3. The first-order valence-electron chi connectivity index (χ1n) is 18.5. The monoisotopic (exact) mass is 701 g/mol. The zero-order chi connectivity index (χ0) is 36.3. The summed E-state index contributed by atoms with van der Waals surface area (Å²) < 4.78 is 7.00. The molecule has 0 aliphatic rings. The number of nitrogens with zero attached hydrogens (tertiary/aromatic N) is 3. The van der Waals surface area contributed by atoms with E-state index < -0.39 is 0 Å². The van der Waals surface area contributed by atoms with Gasteiger partial charge in [0.1, 0.15) is 11.2 Å². The summed E-state index contributed by atoms with van der Waals surface area (Å²) in [5, 5.41) is 9.52. The average Bonchev–Trinajstić information content (AvgIpc) is 3.66. The van der Waals surface area contributed by atoms with Crippen LogP contribution in [0.2, 0.25) is 0 Å². The Labute approximate surface area is 317 Å². The minimum Gasteiger partial charge on any atom is -0.455 e. The third-order valence-electron chi connectivity index (χ3n) is 10.7. The van der Waals surface area contributed by atoms with Crippen LogP contribution in [-0.2, 0) is 0 Å². The summed E-state index contributed by atoms with van der Waals surface area (Å²) in [6.45, 7) is 0. The number of rotatable bonds is 5. The molecule has 256 valence electrons. The molecule has 4 heteroatoms. The Morgan fingerprint density at radius 2 is 0.673 bits per heavy atom. The van der Waals surface area contributed by atoms with Gasteiger partial charge in [-0.1, -0.05) is 170 Å². The minimum atomic E-state index is 0.630. The van der Waals surface area contributed by atoms with Crippen LogP contribution < -0.4 is 0 Å². The number of hydrogen-bond donors (Lipinski definition) is 0. The smallest absolute Gasteiger partial charge is 0.164 e. The number of furan rings is 1. The summed E-state index contributed by atoms with van der Waals surface area (Å²) in [4.78, 5) is 14.8. The van der Waals surface area contributed by atoms with Crippen LogP contribution in [0.5, 0.6) is 0 Å². The van der Waals surface area contributed by atoms with E-state index in [1.165, 1.54) is 26.9 Å². The van der Waals surface area contributed by atoms with Crippen LogP contribution in [0, 0.1) is 0 Å². The maximum Gasteiger partial charge on any atom is 0.164 e. The molecule has 2 aromatic heterocycles. The molecule has 55 heavy (non-hydrogen) atoms. The van der Waals surface area contributed by atoms with Crippen molar-refractivity contribution in [3.8, 4) is 56.4 Å². The van der Waals surface area contributed by atoms with Crippen molar-refractivity contribution in [2.24, 2.45) is 0 Å². The fraction of sp³-hybridized carbons (Fsp3) is 0. The van der Waals surface area contributed by atoms with Gasteiger partial charge >= 0.3 is 0 Å². The summed E-state index contributed by atoms with van der Waals surface area (Å²) in [6.07, 6.45) is 0. The summed E-state index contributed by atoms with van der Waals surface area (Å²) in [5.41, 5.74) is 8.94. The summed E-state index contributed by atoms with van der Waals surface area (Å²) in [5.74, 6) is 1.92. The molecule has 0 saturated carbocycles. The standard InChI is InChI=1S/C51H31N3O/c1-3-14-32(15-4-1)49-52-50(33-16-5-2-6-17-33)54-51(53-49)37-21-12-19-35(31-37)34-18-11-20-36(30-34)38-26-13-27-44-45-29-28-43-41-24-8-7-22-39(41)40-23-9-10-25-42(40)46(43)48(45)55-47(38)44/h1-31H. The second-order valence-corrected chi connectivity index (χ2v) is 13.9. The van der Waals surface area contributed by atoms with Crippen molar-refractivity contribution in [3.05, 3.63) is 188 Å². The van der Waals surface area contributed by atoms with Gasteiger partial charge in [-0.05, 0) is 61.8 Å². The molecule has 9 aromatic carbocycles. The van der Waals surface area contributed by atoms with Crippen LogP contribution in [0.1, 0.15) is 0 Å². The van der Waals surface area contributed by atoms with Gasteiger partial charge in [-0.3, -0.25) is 0 Å². The molecule has 0 aliphatic heterocycles. The van der Waals surface area contributed by atoms with Gasteiger partial charge in [0, 0.05) is 38.4 Å². The normalized spacial score (nSPS) is 11.6. The second-order valence-electron chi connectivity index (χ2n) is 13.9. The third kappa shape index (κ3) is 5.19. The number of hydrogen-bond acceptors (Lipinski definition) is 4. The summed E-state index contributed by atoms with van der Waals surface area (Å²) in [7, 11) is 0. The highest BCUT2D eigenvalue weighted by Crippen LogP contribution is 2.44. The van der Waals surface area contributed by atoms with E-state index in [0.29, 0.717) is 17.5 Å². The molecule has 11 rings (SSSR count). The van der Waals surface area contributed by atoms with Crippen LogP contribution >= 0.6 is 0 Å². The second kappa shape index (κ2) is 12.6. The van der Waals surface area contributed by atoms with Crippen molar-refractivity contribution < 1.29 is 4.42 Å². The predicted molar refractivity (Wildman–Crippen MR) is 227 cm³/mol. The van der Waals surface area contributed by atoms with Crippen LogP contribution in [0.3, 0.4) is 0 Å². The summed E-state index contributed by atoms with van der Waals surface area (Å²) >= 11 is 0. The Kier molecular flexibility index (Phi) is 7.14. The lowest BCUT2D eigenvalue weighted by molar-refractivity contribution is 0.674. The van der Waals surface area contributed by atoms with E-state index in [-0.39, 0.29) is 0 Å². The number of benzene rings is 9. The highest BCUT2D eigenvalue weighted by Gasteiger charge is 2.19. The van der Waals surface area contributed by atoms with E-state index in [1.54, 1.807) is 0 Å². The van der Waals surface area contributed by atoms with Gasteiger partial charge in [-0.2, -0.15) is 0 Å². The Balaban J connectivity index is 1.04. The van der Waals surface area contributed by atoms with E-state index in [0.717, 1.165) is 66.3 Å². The highest BCUT2D eigenvalue weighted by atomic mass is 16.3. The van der Waals surface area contributed by atoms with E-state index in [9.17, 15) is 0 Å². The zero-order valence-electron chi connectivity index (χ0n) is 29.6. The molecule has 0 unspecified atom stereocenters. The Hall–Kier alpha value is -7.43. The molecule has 0 radical (unpaired) electrons. The topological polar surface area (TPSA) is 51.8 Å². The largest absolute Gasteiger partial charge is 0.455 e. The van der Waals surface area contributed by atoms with Crippen LogP contribution in [0.25, 0.3) is 111 Å². The van der Waals surface area contributed by atoms with Gasteiger partial charge in [0.05, 0.1) is 0 Å². The van der Waals surface area contributed by atoms with Gasteiger partial charge < -0.3 is 4.42 Å². The number of para-hydroxylation sites is 1. The molecule has 0 saturated heterocycles. The van der Waals surface area contributed by atoms with E-state index >= 15 is 0 Å². The summed E-state index contributed by atoms with van der Waals surface area (Å²) in [6, 6.07) is 65.6. The lowest BCUT2D eigenvalue weighted by Crippen LogP contribution is -2.00. The number of fused-ring (bicyclic) bond motifs is 10. The molecule has 0 N–H and O–H groups in total. The fourth-order valence-corrected chi connectivity index (χ4v) is 8.11. The van der Waals surface area contributed by atoms with Crippen molar-refractivity contribution >= 4 is 54.3 Å².